The van der Waals surface area contributed by atoms with E-state index in [1.807, 2.05) is 30.3 Å². The molecule has 0 spiro atoms. The molecule has 0 aromatic heterocycles. The molecule has 0 amide bonds. The summed E-state index contributed by atoms with van der Waals surface area (Å²) in [6.45, 7) is 2.12. The Morgan fingerprint density at radius 1 is 1.15 bits per heavy atom. The summed E-state index contributed by atoms with van der Waals surface area (Å²) < 4.78 is 5.42. The lowest BCUT2D eigenvalue weighted by molar-refractivity contribution is 0.406. The summed E-state index contributed by atoms with van der Waals surface area (Å²) >= 11 is 12.1. The monoisotopic (exact) mass is 309 g/mol. The van der Waals surface area contributed by atoms with Gasteiger partial charge < -0.3 is 10.1 Å². The number of methoxy groups -OCH3 is 1. The summed E-state index contributed by atoms with van der Waals surface area (Å²) in [6.07, 6.45) is 0.916. The molecule has 2 aromatic rings. The van der Waals surface area contributed by atoms with Gasteiger partial charge in [-0.3, -0.25) is 0 Å². The first-order valence-electron chi connectivity index (χ1n) is 6.50. The Hall–Kier alpha value is -1.38. The zero-order valence-corrected chi connectivity index (χ0v) is 13.0. The Labute approximate surface area is 129 Å². The molecule has 1 N–H and O–H groups in total. The molecule has 2 rings (SSSR count). The predicted molar refractivity (Wildman–Crippen MR) is 86.1 cm³/mol. The van der Waals surface area contributed by atoms with Crippen LogP contribution in [0.5, 0.6) is 5.75 Å². The maximum absolute atomic E-state index is 6.21. The molecule has 2 aromatic carbocycles. The molecular weight excluding hydrogens is 293 g/mol. The molecule has 0 radical (unpaired) electrons. The summed E-state index contributed by atoms with van der Waals surface area (Å²) in [5.41, 5.74) is 1.98. The first kappa shape index (κ1) is 15.0. The van der Waals surface area contributed by atoms with Gasteiger partial charge in [0.2, 0.25) is 0 Å². The van der Waals surface area contributed by atoms with Gasteiger partial charge in [-0.1, -0.05) is 48.3 Å². The SMILES string of the molecule is CCC(Nc1ccc(Cl)cc1Cl)c1ccccc1OC. The Bertz CT molecular complexity index is 586. The third kappa shape index (κ3) is 3.38. The van der Waals surface area contributed by atoms with E-state index in [-0.39, 0.29) is 6.04 Å². The first-order chi connectivity index (χ1) is 9.65. The van der Waals surface area contributed by atoms with E-state index in [9.17, 15) is 0 Å². The van der Waals surface area contributed by atoms with Crippen LogP contribution in [0, 0.1) is 0 Å². The summed E-state index contributed by atoms with van der Waals surface area (Å²) in [6, 6.07) is 13.6. The van der Waals surface area contributed by atoms with Gasteiger partial charge in [-0.05, 0) is 30.7 Å². The van der Waals surface area contributed by atoms with Crippen molar-refractivity contribution in [1.82, 2.24) is 0 Å². The molecule has 1 atom stereocenters. The van der Waals surface area contributed by atoms with Crippen LogP contribution in [0.3, 0.4) is 0 Å². The molecule has 0 fully saturated rings. The predicted octanol–water partition coefficient (Wildman–Crippen LogP) is 5.57. The second-order valence-electron chi connectivity index (χ2n) is 4.47. The van der Waals surface area contributed by atoms with Crippen LogP contribution in [0.15, 0.2) is 42.5 Å². The molecule has 0 saturated heterocycles. The van der Waals surface area contributed by atoms with Crippen molar-refractivity contribution in [2.75, 3.05) is 12.4 Å². The minimum absolute atomic E-state index is 0.129. The third-order valence-electron chi connectivity index (χ3n) is 3.18. The lowest BCUT2D eigenvalue weighted by atomic mass is 10.0. The summed E-state index contributed by atoms with van der Waals surface area (Å²) in [7, 11) is 1.68. The van der Waals surface area contributed by atoms with Gasteiger partial charge >= 0.3 is 0 Å². The second-order valence-corrected chi connectivity index (χ2v) is 5.31. The van der Waals surface area contributed by atoms with Crippen molar-refractivity contribution in [2.45, 2.75) is 19.4 Å². The Kier molecular flexibility index (Phi) is 5.16. The van der Waals surface area contributed by atoms with Gasteiger partial charge in [-0.2, -0.15) is 0 Å². The molecule has 1 unspecified atom stereocenters. The molecule has 2 nitrogen and oxygen atoms in total. The highest BCUT2D eigenvalue weighted by Crippen LogP contribution is 2.33. The number of hydrogen-bond acceptors (Lipinski definition) is 2. The van der Waals surface area contributed by atoms with Crippen molar-refractivity contribution in [2.24, 2.45) is 0 Å². The summed E-state index contributed by atoms with van der Waals surface area (Å²) in [5, 5.41) is 4.69. The van der Waals surface area contributed by atoms with E-state index in [0.717, 1.165) is 23.4 Å². The average Bonchev–Trinajstić information content (AvgIpc) is 2.46. The Balaban J connectivity index is 2.29. The molecule has 0 heterocycles. The van der Waals surface area contributed by atoms with E-state index in [1.165, 1.54) is 0 Å². The van der Waals surface area contributed by atoms with Crippen LogP contribution < -0.4 is 10.1 Å². The molecule has 0 aliphatic rings. The number of halogens is 2. The zero-order chi connectivity index (χ0) is 14.5. The topological polar surface area (TPSA) is 21.3 Å². The summed E-state index contributed by atoms with van der Waals surface area (Å²) in [4.78, 5) is 0. The van der Waals surface area contributed by atoms with Crippen LogP contribution >= 0.6 is 23.2 Å². The second kappa shape index (κ2) is 6.87. The van der Waals surface area contributed by atoms with Gasteiger partial charge in [0.25, 0.3) is 0 Å². The van der Waals surface area contributed by atoms with Gasteiger partial charge in [0, 0.05) is 10.6 Å². The van der Waals surface area contributed by atoms with E-state index in [1.54, 1.807) is 13.2 Å². The molecular formula is C16H17Cl2NO. The van der Waals surface area contributed by atoms with Crippen molar-refractivity contribution < 1.29 is 4.74 Å². The number of ether oxygens (including phenoxy) is 1. The van der Waals surface area contributed by atoms with E-state index in [0.29, 0.717) is 10.0 Å². The van der Waals surface area contributed by atoms with E-state index in [2.05, 4.69) is 18.3 Å². The van der Waals surface area contributed by atoms with Crippen LogP contribution in [0.1, 0.15) is 24.9 Å². The van der Waals surface area contributed by atoms with Crippen LogP contribution in [0.2, 0.25) is 10.0 Å². The molecule has 0 saturated carbocycles. The lowest BCUT2D eigenvalue weighted by Gasteiger charge is -2.21. The van der Waals surface area contributed by atoms with Gasteiger partial charge in [-0.15, -0.1) is 0 Å². The molecule has 20 heavy (non-hydrogen) atoms. The van der Waals surface area contributed by atoms with Crippen LogP contribution in [0.25, 0.3) is 0 Å². The van der Waals surface area contributed by atoms with Crippen LogP contribution in [-0.4, -0.2) is 7.11 Å². The summed E-state index contributed by atoms with van der Waals surface area (Å²) in [5.74, 6) is 0.872. The maximum Gasteiger partial charge on any atom is 0.124 e. The standard InChI is InChI=1S/C16H17Cl2NO/c1-3-14(12-6-4-5-7-16(12)20-2)19-15-9-8-11(17)10-13(15)18/h4-10,14,19H,3H2,1-2H3. The minimum Gasteiger partial charge on any atom is -0.496 e. The van der Waals surface area contributed by atoms with Crippen molar-refractivity contribution >= 4 is 28.9 Å². The first-order valence-corrected chi connectivity index (χ1v) is 7.25. The highest BCUT2D eigenvalue weighted by Gasteiger charge is 2.15. The Morgan fingerprint density at radius 2 is 1.90 bits per heavy atom. The average molecular weight is 310 g/mol. The number of nitrogens with one attached hydrogen (secondary N) is 1. The Morgan fingerprint density at radius 3 is 2.55 bits per heavy atom. The van der Waals surface area contributed by atoms with E-state index >= 15 is 0 Å². The number of para-hydroxylation sites is 1. The van der Waals surface area contributed by atoms with Gasteiger partial charge in [-0.25, -0.2) is 0 Å². The number of hydrogen-bond donors (Lipinski definition) is 1. The highest BCUT2D eigenvalue weighted by atomic mass is 35.5. The van der Waals surface area contributed by atoms with Crippen molar-refractivity contribution in [3.05, 3.63) is 58.1 Å². The number of rotatable bonds is 5. The maximum atomic E-state index is 6.21. The fourth-order valence-electron chi connectivity index (χ4n) is 2.15. The largest absolute Gasteiger partial charge is 0.496 e. The molecule has 0 bridgehead atoms. The van der Waals surface area contributed by atoms with Gasteiger partial charge in [0.05, 0.1) is 23.9 Å². The fraction of sp³-hybridized carbons (Fsp3) is 0.250. The fourth-order valence-corrected chi connectivity index (χ4v) is 2.61. The lowest BCUT2D eigenvalue weighted by Crippen LogP contribution is -2.11. The normalized spacial score (nSPS) is 12.0. The zero-order valence-electron chi connectivity index (χ0n) is 11.5. The van der Waals surface area contributed by atoms with E-state index in [4.69, 9.17) is 27.9 Å². The molecule has 106 valence electrons. The smallest absolute Gasteiger partial charge is 0.124 e. The molecule has 4 heteroatoms. The van der Waals surface area contributed by atoms with Crippen molar-refractivity contribution in [3.8, 4) is 5.75 Å². The van der Waals surface area contributed by atoms with Crippen molar-refractivity contribution in [1.29, 1.82) is 0 Å². The van der Waals surface area contributed by atoms with Gasteiger partial charge in [0.1, 0.15) is 5.75 Å². The number of benzene rings is 2. The highest BCUT2D eigenvalue weighted by molar-refractivity contribution is 6.36. The van der Waals surface area contributed by atoms with Crippen molar-refractivity contribution in [3.63, 3.8) is 0 Å². The quantitative estimate of drug-likeness (QED) is 0.780. The number of anilines is 1. The molecule has 0 aliphatic heterocycles. The minimum atomic E-state index is 0.129. The van der Waals surface area contributed by atoms with Crippen LogP contribution in [-0.2, 0) is 0 Å². The van der Waals surface area contributed by atoms with Crippen LogP contribution in [0.4, 0.5) is 5.69 Å². The third-order valence-corrected chi connectivity index (χ3v) is 3.73. The van der Waals surface area contributed by atoms with Gasteiger partial charge in [0.15, 0.2) is 0 Å². The molecule has 0 aliphatic carbocycles. The van der Waals surface area contributed by atoms with E-state index < -0.39 is 0 Å².